The summed E-state index contributed by atoms with van der Waals surface area (Å²) in [7, 11) is -3.90. The van der Waals surface area contributed by atoms with Crippen LogP contribution in [-0.4, -0.2) is 67.8 Å². The first kappa shape index (κ1) is 47.2. The average molecular weight is 848 g/mol. The number of aromatic nitrogens is 4. The van der Waals surface area contributed by atoms with Crippen LogP contribution in [-0.2, 0) is 57.5 Å². The monoisotopic (exact) mass is 847 g/mol. The second-order valence-electron chi connectivity index (χ2n) is 15.8. The van der Waals surface area contributed by atoms with Crippen LogP contribution in [0.25, 0.3) is 11.2 Å². The number of nitrogens with zero attached hydrogens (tertiary/aromatic N) is 5. The lowest BCUT2D eigenvalue weighted by Crippen LogP contribution is -2.54. The van der Waals surface area contributed by atoms with Crippen molar-refractivity contribution in [1.82, 2.24) is 29.3 Å². The van der Waals surface area contributed by atoms with Gasteiger partial charge in [0.2, 0.25) is 7.44 Å². The molecule has 19 heteroatoms. The smallest absolute Gasteiger partial charge is 0.464 e. The molecule has 0 aliphatic carbocycles. The molecule has 0 amide bonds. The lowest BCUT2D eigenvalue weighted by Gasteiger charge is -2.35. The minimum atomic E-state index is -3.90. The number of rotatable bonds is 25. The summed E-state index contributed by atoms with van der Waals surface area (Å²) >= 11 is 0. The Hall–Kier alpha value is -4.51. The molecule has 3 aromatic rings. The van der Waals surface area contributed by atoms with Gasteiger partial charge in [0.05, 0.1) is 45.1 Å². The van der Waals surface area contributed by atoms with Crippen LogP contribution in [0.5, 0.6) is 0 Å². The molecule has 4 rings (SSSR count). The molecule has 328 valence electrons. The van der Waals surface area contributed by atoms with E-state index in [1.54, 1.807) is 70.3 Å². The van der Waals surface area contributed by atoms with Gasteiger partial charge in [-0.3, -0.25) is 19.1 Å². The van der Waals surface area contributed by atoms with Crippen molar-refractivity contribution in [1.29, 1.82) is 0 Å². The van der Waals surface area contributed by atoms with E-state index in [9.17, 15) is 18.9 Å². The average Bonchev–Trinajstić information content (AvgIpc) is 3.82. The number of allylic oxidation sites excluding steroid dienone is 2. The molecule has 59 heavy (non-hydrogen) atoms. The molecule has 4 heterocycles. The number of hydrogen-bond acceptors (Lipinski definition) is 14. The highest BCUT2D eigenvalue weighted by Gasteiger charge is 2.43. The molecule has 0 radical (unpaired) electrons. The maximum Gasteiger partial charge on any atom is 0.519 e. The number of unbranched alkanes of at least 4 members (excludes halogenated alkanes) is 6. The summed E-state index contributed by atoms with van der Waals surface area (Å²) < 4.78 is 57.0. The number of fused-ring (bicyclic) bond motifs is 1. The van der Waals surface area contributed by atoms with E-state index in [1.807, 2.05) is 0 Å². The third kappa shape index (κ3) is 13.5. The number of ether oxygens (including phenoxy) is 5. The first-order chi connectivity index (χ1) is 27.9. The summed E-state index contributed by atoms with van der Waals surface area (Å²) in [5.41, 5.74) is -1.52. The van der Waals surface area contributed by atoms with Gasteiger partial charge in [-0.25, -0.2) is 24.9 Å². The van der Waals surface area contributed by atoms with E-state index in [4.69, 9.17) is 37.5 Å². The summed E-state index contributed by atoms with van der Waals surface area (Å²) in [6.07, 6.45) is 9.64. The minimum absolute atomic E-state index is 0.0219. The fraction of sp³-hybridized carbons (Fsp3) is 0.650. The summed E-state index contributed by atoms with van der Waals surface area (Å²) in [4.78, 5) is 52.3. The second kappa shape index (κ2) is 21.1. The predicted octanol–water partition coefficient (Wildman–Crippen LogP) is 6.48. The van der Waals surface area contributed by atoms with Gasteiger partial charge in [-0.1, -0.05) is 52.4 Å². The highest BCUT2D eigenvalue weighted by Crippen LogP contribution is 2.42. The number of carbonyl (C=O) groups excluding carboxylic acids is 2. The van der Waals surface area contributed by atoms with E-state index in [0.29, 0.717) is 33.9 Å². The standard InChI is InChI=1S/C40H62N7O11P/c1-11-13-15-17-19-52-36(48)39(7,8)44-59(51,45-40(9,10)37(49)53-20-18-16-14-12-2)26-54-27(3)22-46-24-42-33-34(41-21-31-28(4)56-38(50)58-31)47(25-43-35(33)46)23-32-29(5)55-30(6)57-32/h24-25,27H,6,11-23,26H2,1-5,7-10H3,(H2,44,45,51)/t27-/m1/s1. The first-order valence-corrected chi connectivity index (χ1v) is 22.2. The molecule has 0 aromatic carbocycles. The Morgan fingerprint density at radius 1 is 0.898 bits per heavy atom. The lowest BCUT2D eigenvalue weighted by molar-refractivity contribution is -0.149. The number of carbonyl (C=O) groups is 2. The minimum Gasteiger partial charge on any atom is -0.464 e. The Morgan fingerprint density at radius 2 is 1.49 bits per heavy atom. The van der Waals surface area contributed by atoms with Crippen LogP contribution in [0.2, 0.25) is 0 Å². The van der Waals surface area contributed by atoms with Crippen molar-refractivity contribution in [2.24, 2.45) is 4.99 Å². The molecule has 1 aliphatic rings. The van der Waals surface area contributed by atoms with Gasteiger partial charge in [0, 0.05) is 0 Å². The van der Waals surface area contributed by atoms with Crippen LogP contribution in [0.3, 0.4) is 0 Å². The quantitative estimate of drug-likeness (QED) is 0.0531. The molecule has 0 saturated carbocycles. The first-order valence-electron chi connectivity index (χ1n) is 20.3. The topological polar surface area (TPSA) is 213 Å². The predicted molar refractivity (Wildman–Crippen MR) is 218 cm³/mol. The zero-order chi connectivity index (χ0) is 43.4. The molecule has 0 spiro atoms. The van der Waals surface area contributed by atoms with Gasteiger partial charge in [-0.15, -0.1) is 0 Å². The van der Waals surface area contributed by atoms with Gasteiger partial charge in [-0.05, 0) is 67.9 Å². The van der Waals surface area contributed by atoms with E-state index >= 15 is 0 Å². The van der Waals surface area contributed by atoms with Crippen molar-refractivity contribution < 1.29 is 46.7 Å². The number of aryl methyl sites for hydroxylation is 1. The normalized spacial score (nSPS) is 14.5. The van der Waals surface area contributed by atoms with Crippen molar-refractivity contribution in [2.45, 2.75) is 150 Å². The van der Waals surface area contributed by atoms with Crippen molar-refractivity contribution in [3.63, 3.8) is 0 Å². The largest absolute Gasteiger partial charge is 0.519 e. The zero-order valence-electron chi connectivity index (χ0n) is 36.0. The fourth-order valence-corrected chi connectivity index (χ4v) is 8.86. The number of imidazole rings is 1. The number of nitrogens with one attached hydrogen (secondary N) is 2. The van der Waals surface area contributed by atoms with E-state index in [2.05, 4.69) is 40.6 Å². The summed E-state index contributed by atoms with van der Waals surface area (Å²) in [5.74, 6) is -0.232. The third-order valence-electron chi connectivity index (χ3n) is 9.43. The Labute approximate surface area is 345 Å². The molecule has 1 atom stereocenters. The maximum atomic E-state index is 14.8. The van der Waals surface area contributed by atoms with E-state index in [1.165, 1.54) is 0 Å². The van der Waals surface area contributed by atoms with E-state index in [-0.39, 0.29) is 44.6 Å². The zero-order valence-corrected chi connectivity index (χ0v) is 36.9. The molecule has 0 unspecified atom stereocenters. The van der Waals surface area contributed by atoms with Crippen LogP contribution >= 0.6 is 7.44 Å². The highest BCUT2D eigenvalue weighted by atomic mass is 31.2. The van der Waals surface area contributed by atoms with Gasteiger partial charge >= 0.3 is 17.8 Å². The van der Waals surface area contributed by atoms with Crippen molar-refractivity contribution in [3.8, 4) is 0 Å². The Kier molecular flexibility index (Phi) is 16.9. The molecule has 1 aliphatic heterocycles. The van der Waals surface area contributed by atoms with Crippen molar-refractivity contribution in [3.05, 3.63) is 64.3 Å². The molecule has 18 nitrogen and oxygen atoms in total. The number of hydrogen-bond donors (Lipinski definition) is 2. The van der Waals surface area contributed by atoms with Crippen LogP contribution in [0.15, 0.2) is 55.3 Å². The highest BCUT2D eigenvalue weighted by molar-refractivity contribution is 7.59. The maximum absolute atomic E-state index is 14.8. The molecule has 3 aromatic heterocycles. The summed E-state index contributed by atoms with van der Waals surface area (Å²) in [6, 6.07) is 0. The van der Waals surface area contributed by atoms with Gasteiger partial charge in [-0.2, -0.15) is 0 Å². The van der Waals surface area contributed by atoms with Crippen LogP contribution < -0.4 is 21.5 Å². The molecular weight excluding hydrogens is 785 g/mol. The Morgan fingerprint density at radius 3 is 2.02 bits per heavy atom. The second-order valence-corrected chi connectivity index (χ2v) is 18.0. The van der Waals surface area contributed by atoms with Gasteiger partial charge in [0.25, 0.3) is 5.95 Å². The third-order valence-corrected chi connectivity index (χ3v) is 11.8. The SMILES string of the molecule is C=C1OC(C)=C(Cn2cnc3c(ncn3C[C@@H](C)OCP(=O)(NC(C)(C)C(=O)OCCCCCC)NC(C)(C)C(=O)OCCCCCC)c2=NCc2oc(=O)oc2C)O1. The van der Waals surface area contributed by atoms with E-state index in [0.717, 1.165) is 51.4 Å². The summed E-state index contributed by atoms with van der Waals surface area (Å²) in [6.45, 7) is 20.3. The fourth-order valence-electron chi connectivity index (χ4n) is 6.22. The van der Waals surface area contributed by atoms with Crippen LogP contribution in [0.4, 0.5) is 0 Å². The number of esters is 2. The van der Waals surface area contributed by atoms with Gasteiger partial charge in [0.15, 0.2) is 28.2 Å². The van der Waals surface area contributed by atoms with Crippen LogP contribution in [0.1, 0.15) is 118 Å². The lowest BCUT2D eigenvalue weighted by atomic mass is 10.1. The molecule has 2 N–H and O–H groups in total. The molecular formula is C40H62N7O11P. The van der Waals surface area contributed by atoms with Crippen molar-refractivity contribution >= 4 is 30.5 Å². The summed E-state index contributed by atoms with van der Waals surface area (Å²) in [5, 5.41) is 5.94. The van der Waals surface area contributed by atoms with Crippen LogP contribution in [0, 0.1) is 6.92 Å². The van der Waals surface area contributed by atoms with E-state index < -0.39 is 48.7 Å². The Balaban J connectivity index is 1.56. The molecule has 0 fully saturated rings. The molecule has 0 saturated heterocycles. The van der Waals surface area contributed by atoms with Gasteiger partial charge in [0.1, 0.15) is 35.5 Å². The van der Waals surface area contributed by atoms with Crippen molar-refractivity contribution in [2.75, 3.05) is 19.6 Å². The molecule has 0 bridgehead atoms. The Bertz CT molecular complexity index is 2080. The van der Waals surface area contributed by atoms with Gasteiger partial charge < -0.3 is 41.7 Å².